The molecule has 0 heterocycles. The second-order valence-corrected chi connectivity index (χ2v) is 2.29. The summed E-state index contributed by atoms with van der Waals surface area (Å²) in [7, 11) is 0. The third-order valence-corrected chi connectivity index (χ3v) is 1.51. The van der Waals surface area contributed by atoms with E-state index in [1.807, 2.05) is 0 Å². The van der Waals surface area contributed by atoms with Crippen molar-refractivity contribution in [1.82, 2.24) is 0 Å². The van der Waals surface area contributed by atoms with Gasteiger partial charge in [0.2, 0.25) is 5.82 Å². The van der Waals surface area contributed by atoms with Crippen LogP contribution in [0.4, 0.5) is 14.5 Å². The summed E-state index contributed by atoms with van der Waals surface area (Å²) in [6, 6.07) is 1.78. The number of aliphatic hydroxyl groups excluding tert-OH is 1. The van der Waals surface area contributed by atoms with Crippen LogP contribution < -0.4 is 0 Å². The van der Waals surface area contributed by atoms with Gasteiger partial charge in [-0.2, -0.15) is 4.39 Å². The summed E-state index contributed by atoms with van der Waals surface area (Å²) in [4.78, 5) is 9.08. The lowest BCUT2D eigenvalue weighted by atomic mass is 10.2. The van der Waals surface area contributed by atoms with E-state index in [0.717, 1.165) is 12.1 Å². The molecule has 0 atom stereocenters. The molecule has 4 nitrogen and oxygen atoms in total. The minimum atomic E-state index is -1.54. The van der Waals surface area contributed by atoms with E-state index >= 15 is 0 Å². The van der Waals surface area contributed by atoms with Gasteiger partial charge in [-0.25, -0.2) is 4.39 Å². The van der Waals surface area contributed by atoms with Crippen molar-refractivity contribution in [1.29, 1.82) is 0 Å². The van der Waals surface area contributed by atoms with Crippen molar-refractivity contribution >= 4 is 5.69 Å². The third-order valence-electron chi connectivity index (χ3n) is 1.51. The maximum absolute atomic E-state index is 12.8. The van der Waals surface area contributed by atoms with Gasteiger partial charge in [-0.3, -0.25) is 10.1 Å². The van der Waals surface area contributed by atoms with E-state index in [1.165, 1.54) is 0 Å². The zero-order chi connectivity index (χ0) is 10.0. The first-order chi connectivity index (χ1) is 6.07. The van der Waals surface area contributed by atoms with Crippen LogP contribution in [-0.4, -0.2) is 10.0 Å². The summed E-state index contributed by atoms with van der Waals surface area (Å²) in [6.45, 7) is -0.694. The summed E-state index contributed by atoms with van der Waals surface area (Å²) in [5, 5.41) is 18.6. The highest BCUT2D eigenvalue weighted by atomic mass is 19.2. The average Bonchev–Trinajstić information content (AvgIpc) is 2.09. The number of aliphatic hydroxyl groups is 1. The van der Waals surface area contributed by atoms with Crippen LogP contribution in [0.25, 0.3) is 0 Å². The number of nitro benzene ring substituents is 1. The van der Waals surface area contributed by atoms with E-state index < -0.39 is 28.9 Å². The van der Waals surface area contributed by atoms with Crippen LogP contribution in [0.3, 0.4) is 0 Å². The summed E-state index contributed by atoms with van der Waals surface area (Å²) in [5.41, 5.74) is -1.24. The molecule has 0 aliphatic rings. The molecule has 0 aliphatic heterocycles. The number of hydrogen-bond donors (Lipinski definition) is 1. The molecule has 1 aromatic rings. The molecule has 70 valence electrons. The van der Waals surface area contributed by atoms with E-state index in [0.29, 0.717) is 0 Å². The Hall–Kier alpha value is -1.56. The van der Waals surface area contributed by atoms with Crippen molar-refractivity contribution in [2.75, 3.05) is 0 Å². The summed E-state index contributed by atoms with van der Waals surface area (Å²) in [5.74, 6) is -2.92. The fourth-order valence-electron chi connectivity index (χ4n) is 0.842. The quantitative estimate of drug-likeness (QED) is 0.564. The lowest BCUT2D eigenvalue weighted by Gasteiger charge is -1.99. The Balaban J connectivity index is 3.31. The third kappa shape index (κ3) is 1.62. The van der Waals surface area contributed by atoms with Crippen LogP contribution in [-0.2, 0) is 6.61 Å². The highest BCUT2D eigenvalue weighted by Crippen LogP contribution is 2.22. The monoisotopic (exact) mass is 189 g/mol. The van der Waals surface area contributed by atoms with Gasteiger partial charge < -0.3 is 5.11 Å². The van der Waals surface area contributed by atoms with Crippen molar-refractivity contribution in [2.24, 2.45) is 0 Å². The predicted octanol–water partition coefficient (Wildman–Crippen LogP) is 1.37. The predicted molar refractivity (Wildman–Crippen MR) is 38.9 cm³/mol. The van der Waals surface area contributed by atoms with Gasteiger partial charge in [0.05, 0.1) is 11.5 Å². The Morgan fingerprint density at radius 1 is 1.38 bits per heavy atom. The van der Waals surface area contributed by atoms with Crippen LogP contribution >= 0.6 is 0 Å². The molecule has 0 saturated heterocycles. The normalized spacial score (nSPS) is 10.1. The van der Waals surface area contributed by atoms with Crippen molar-refractivity contribution in [3.8, 4) is 0 Å². The summed E-state index contributed by atoms with van der Waals surface area (Å²) >= 11 is 0. The molecule has 6 heteroatoms. The first kappa shape index (κ1) is 9.53. The Bertz CT molecular complexity index is 354. The van der Waals surface area contributed by atoms with Gasteiger partial charge in [0.1, 0.15) is 0 Å². The van der Waals surface area contributed by atoms with Crippen molar-refractivity contribution < 1.29 is 18.8 Å². The van der Waals surface area contributed by atoms with Gasteiger partial charge in [-0.05, 0) is 6.07 Å². The van der Waals surface area contributed by atoms with Gasteiger partial charge in [0.25, 0.3) is 0 Å². The molecular weight excluding hydrogens is 184 g/mol. The van der Waals surface area contributed by atoms with E-state index in [4.69, 9.17) is 5.11 Å². The maximum Gasteiger partial charge on any atom is 0.307 e. The second kappa shape index (κ2) is 3.44. The summed E-state index contributed by atoms with van der Waals surface area (Å²) < 4.78 is 25.6. The molecule has 0 aliphatic carbocycles. The lowest BCUT2D eigenvalue weighted by molar-refractivity contribution is -0.387. The van der Waals surface area contributed by atoms with Crippen LogP contribution in [0, 0.1) is 21.7 Å². The largest absolute Gasteiger partial charge is 0.392 e. The minimum Gasteiger partial charge on any atom is -0.392 e. The number of halogens is 2. The zero-order valence-electron chi connectivity index (χ0n) is 6.33. The number of nitrogens with zero attached hydrogens (tertiary/aromatic N) is 1. The number of rotatable bonds is 2. The van der Waals surface area contributed by atoms with Crippen LogP contribution in [0.1, 0.15) is 5.56 Å². The molecule has 1 aromatic carbocycles. The molecule has 0 radical (unpaired) electrons. The second-order valence-electron chi connectivity index (χ2n) is 2.29. The van der Waals surface area contributed by atoms with Crippen molar-refractivity contribution in [2.45, 2.75) is 6.61 Å². The van der Waals surface area contributed by atoms with Gasteiger partial charge in [-0.15, -0.1) is 0 Å². The number of nitro groups is 1. The zero-order valence-corrected chi connectivity index (χ0v) is 6.33. The molecule has 1 N–H and O–H groups in total. The van der Waals surface area contributed by atoms with Crippen LogP contribution in [0.15, 0.2) is 12.1 Å². The SMILES string of the molecule is O=[N+]([O-])c1ccc(CO)c(F)c1F. The fourth-order valence-corrected chi connectivity index (χ4v) is 0.842. The minimum absolute atomic E-state index is 0.303. The number of hydrogen-bond acceptors (Lipinski definition) is 3. The van der Waals surface area contributed by atoms with Gasteiger partial charge in [0.15, 0.2) is 5.82 Å². The smallest absolute Gasteiger partial charge is 0.307 e. The van der Waals surface area contributed by atoms with Crippen LogP contribution in [0.5, 0.6) is 0 Å². The van der Waals surface area contributed by atoms with E-state index in [2.05, 4.69) is 0 Å². The highest BCUT2D eigenvalue weighted by Gasteiger charge is 2.20. The number of benzene rings is 1. The molecule has 13 heavy (non-hydrogen) atoms. The molecule has 0 bridgehead atoms. The molecule has 0 spiro atoms. The molecular formula is C7H5F2NO3. The molecule has 0 fully saturated rings. The first-order valence-electron chi connectivity index (χ1n) is 3.30. The molecule has 1 rings (SSSR count). The van der Waals surface area contributed by atoms with E-state index in [-0.39, 0.29) is 5.56 Å². The van der Waals surface area contributed by atoms with E-state index in [9.17, 15) is 18.9 Å². The van der Waals surface area contributed by atoms with E-state index in [1.54, 1.807) is 0 Å². The molecule has 0 saturated carbocycles. The Morgan fingerprint density at radius 3 is 2.46 bits per heavy atom. The molecule has 0 aromatic heterocycles. The van der Waals surface area contributed by atoms with Crippen LogP contribution in [0.2, 0.25) is 0 Å². The molecule has 0 amide bonds. The Labute approximate surface area is 71.6 Å². The van der Waals surface area contributed by atoms with Gasteiger partial charge in [0, 0.05) is 11.6 Å². The average molecular weight is 189 g/mol. The molecule has 0 unspecified atom stereocenters. The van der Waals surface area contributed by atoms with Gasteiger partial charge >= 0.3 is 5.69 Å². The lowest BCUT2D eigenvalue weighted by Crippen LogP contribution is -1.99. The Kier molecular flexibility index (Phi) is 2.52. The fraction of sp³-hybridized carbons (Fsp3) is 0.143. The van der Waals surface area contributed by atoms with Crippen molar-refractivity contribution in [3.63, 3.8) is 0 Å². The highest BCUT2D eigenvalue weighted by molar-refractivity contribution is 5.36. The standard InChI is InChI=1S/C7H5F2NO3/c8-6-4(3-11)1-2-5(7(6)9)10(12)13/h1-2,11H,3H2. The maximum atomic E-state index is 12.8. The topological polar surface area (TPSA) is 63.4 Å². The first-order valence-corrected chi connectivity index (χ1v) is 3.30. The Morgan fingerprint density at radius 2 is 2.00 bits per heavy atom. The van der Waals surface area contributed by atoms with Gasteiger partial charge in [-0.1, -0.05) is 0 Å². The summed E-state index contributed by atoms with van der Waals surface area (Å²) in [6.07, 6.45) is 0. The van der Waals surface area contributed by atoms with Crippen molar-refractivity contribution in [3.05, 3.63) is 39.4 Å².